The van der Waals surface area contributed by atoms with Crippen molar-refractivity contribution in [2.45, 2.75) is 38.6 Å². The predicted molar refractivity (Wildman–Crippen MR) is 97.9 cm³/mol. The molecule has 4 heterocycles. The van der Waals surface area contributed by atoms with Crippen LogP contribution in [0.3, 0.4) is 0 Å². The topological polar surface area (TPSA) is 66.7 Å². The molecule has 2 aliphatic rings. The maximum absolute atomic E-state index is 13.2. The summed E-state index contributed by atoms with van der Waals surface area (Å²) in [5, 5.41) is 5.88. The number of likely N-dealkylation sites (tertiary alicyclic amines) is 2. The van der Waals surface area contributed by atoms with Gasteiger partial charge in [0.15, 0.2) is 5.76 Å². The monoisotopic (exact) mass is 373 g/mol. The second-order valence-electron chi connectivity index (χ2n) is 7.13. The molecule has 2 saturated heterocycles. The van der Waals surface area contributed by atoms with Crippen LogP contribution in [-0.4, -0.2) is 46.4 Å². The van der Waals surface area contributed by atoms with E-state index in [0.717, 1.165) is 55.1 Å². The Kier molecular flexibility index (Phi) is 4.80. The molecule has 0 unspecified atom stereocenters. The second kappa shape index (κ2) is 7.23. The van der Waals surface area contributed by atoms with Crippen molar-refractivity contribution in [3.63, 3.8) is 0 Å². The van der Waals surface area contributed by atoms with E-state index in [0.29, 0.717) is 6.54 Å². The fraction of sp³-hybridized carbons (Fsp3) is 0.526. The van der Waals surface area contributed by atoms with E-state index in [9.17, 15) is 9.59 Å². The van der Waals surface area contributed by atoms with E-state index in [1.807, 2.05) is 40.3 Å². The van der Waals surface area contributed by atoms with Crippen LogP contribution in [-0.2, 0) is 4.79 Å². The smallest absolute Gasteiger partial charge is 0.263 e. The fourth-order valence-electron chi connectivity index (χ4n) is 4.02. The second-order valence-corrected chi connectivity index (χ2v) is 8.08. The molecule has 0 N–H and O–H groups in total. The predicted octanol–water partition coefficient (Wildman–Crippen LogP) is 3.26. The minimum atomic E-state index is -0.128. The lowest BCUT2D eigenvalue weighted by Gasteiger charge is -2.35. The Hall–Kier alpha value is -2.15. The number of amides is 2. The van der Waals surface area contributed by atoms with E-state index < -0.39 is 0 Å². The largest absolute Gasteiger partial charge is 0.359 e. The number of thiophene rings is 1. The van der Waals surface area contributed by atoms with Crippen molar-refractivity contribution in [2.75, 3.05) is 19.6 Å². The normalized spacial score (nSPS) is 23.4. The van der Waals surface area contributed by atoms with E-state index in [1.54, 1.807) is 0 Å². The first-order chi connectivity index (χ1) is 12.6. The van der Waals surface area contributed by atoms with Gasteiger partial charge in [0.1, 0.15) is 0 Å². The van der Waals surface area contributed by atoms with Crippen LogP contribution in [0, 0.1) is 12.8 Å². The number of aryl methyl sites for hydroxylation is 1. The van der Waals surface area contributed by atoms with Gasteiger partial charge >= 0.3 is 0 Å². The summed E-state index contributed by atoms with van der Waals surface area (Å²) in [6, 6.07) is 5.64. The minimum Gasteiger partial charge on any atom is -0.359 e. The molecule has 7 heteroatoms. The van der Waals surface area contributed by atoms with Crippen molar-refractivity contribution in [2.24, 2.45) is 5.92 Å². The molecule has 2 aromatic rings. The van der Waals surface area contributed by atoms with Crippen LogP contribution in [0.15, 0.2) is 28.1 Å². The molecule has 138 valence electrons. The van der Waals surface area contributed by atoms with E-state index >= 15 is 0 Å². The molecule has 0 aliphatic carbocycles. The number of aromatic nitrogens is 1. The highest BCUT2D eigenvalue weighted by atomic mass is 32.1. The van der Waals surface area contributed by atoms with Gasteiger partial charge in [-0.1, -0.05) is 11.2 Å². The molecule has 2 aliphatic heterocycles. The Balaban J connectivity index is 1.46. The third-order valence-corrected chi connectivity index (χ3v) is 6.16. The van der Waals surface area contributed by atoms with E-state index in [-0.39, 0.29) is 23.8 Å². The molecule has 2 fully saturated rings. The van der Waals surface area contributed by atoms with Crippen molar-refractivity contribution < 1.29 is 14.1 Å². The zero-order valence-corrected chi connectivity index (χ0v) is 15.7. The zero-order chi connectivity index (χ0) is 18.1. The first kappa shape index (κ1) is 17.3. The van der Waals surface area contributed by atoms with Gasteiger partial charge < -0.3 is 14.3 Å². The number of hydrogen-bond donors (Lipinski definition) is 0. The Morgan fingerprint density at radius 2 is 2.12 bits per heavy atom. The van der Waals surface area contributed by atoms with Crippen molar-refractivity contribution in [3.05, 3.63) is 39.9 Å². The molecule has 2 aromatic heterocycles. The molecule has 26 heavy (non-hydrogen) atoms. The summed E-state index contributed by atoms with van der Waals surface area (Å²) in [6.45, 7) is 3.88. The first-order valence-corrected chi connectivity index (χ1v) is 10.1. The number of nitrogens with zero attached hydrogens (tertiary/aromatic N) is 3. The number of hydrogen-bond acceptors (Lipinski definition) is 5. The molecule has 2 amide bonds. The maximum Gasteiger partial charge on any atom is 0.263 e. The van der Waals surface area contributed by atoms with E-state index in [1.165, 1.54) is 11.3 Å². The fourth-order valence-corrected chi connectivity index (χ4v) is 4.71. The SMILES string of the molecule is Cc1cc([C@H]2CCCN2C(=O)[C@@H]2CCCN(C(=O)c3cccs3)C2)on1. The Bertz CT molecular complexity index is 786. The van der Waals surface area contributed by atoms with Crippen LogP contribution >= 0.6 is 11.3 Å². The highest BCUT2D eigenvalue weighted by Crippen LogP contribution is 2.34. The molecule has 2 atom stereocenters. The lowest BCUT2D eigenvalue weighted by Crippen LogP contribution is -2.46. The van der Waals surface area contributed by atoms with Crippen LogP contribution in [0.25, 0.3) is 0 Å². The Morgan fingerprint density at radius 1 is 1.27 bits per heavy atom. The van der Waals surface area contributed by atoms with Gasteiger partial charge in [0, 0.05) is 25.7 Å². The van der Waals surface area contributed by atoms with Crippen molar-refractivity contribution in [3.8, 4) is 0 Å². The third-order valence-electron chi connectivity index (χ3n) is 5.30. The van der Waals surface area contributed by atoms with E-state index in [4.69, 9.17) is 4.52 Å². The molecule has 0 radical (unpaired) electrons. The van der Waals surface area contributed by atoms with Crippen LogP contribution < -0.4 is 0 Å². The van der Waals surface area contributed by atoms with Gasteiger partial charge in [-0.3, -0.25) is 9.59 Å². The van der Waals surface area contributed by atoms with Gasteiger partial charge in [-0.15, -0.1) is 11.3 Å². The maximum atomic E-state index is 13.2. The van der Waals surface area contributed by atoms with Crippen LogP contribution in [0.5, 0.6) is 0 Å². The van der Waals surface area contributed by atoms with Gasteiger partial charge in [-0.25, -0.2) is 0 Å². The molecule has 6 nitrogen and oxygen atoms in total. The molecule has 0 bridgehead atoms. The lowest BCUT2D eigenvalue weighted by molar-refractivity contribution is -0.138. The average Bonchev–Trinajstić information content (AvgIpc) is 3.41. The number of piperidine rings is 1. The van der Waals surface area contributed by atoms with E-state index in [2.05, 4.69) is 5.16 Å². The zero-order valence-electron chi connectivity index (χ0n) is 14.9. The minimum absolute atomic E-state index is 0.0212. The highest BCUT2D eigenvalue weighted by molar-refractivity contribution is 7.12. The summed E-state index contributed by atoms with van der Waals surface area (Å²) in [5.41, 5.74) is 0.838. The molecular formula is C19H23N3O3S. The van der Waals surface area contributed by atoms with Crippen LogP contribution in [0.4, 0.5) is 0 Å². The Morgan fingerprint density at radius 3 is 2.85 bits per heavy atom. The summed E-state index contributed by atoms with van der Waals surface area (Å²) in [4.78, 5) is 30.3. The van der Waals surface area contributed by atoms with Crippen LogP contribution in [0.1, 0.15) is 52.9 Å². The highest BCUT2D eigenvalue weighted by Gasteiger charge is 2.38. The summed E-state index contributed by atoms with van der Waals surface area (Å²) in [6.07, 6.45) is 3.59. The molecule has 0 saturated carbocycles. The molecule has 4 rings (SSSR count). The first-order valence-electron chi connectivity index (χ1n) is 9.20. The molecule has 0 spiro atoms. The van der Waals surface area contributed by atoms with Crippen molar-refractivity contribution in [1.82, 2.24) is 15.0 Å². The summed E-state index contributed by atoms with van der Waals surface area (Å²) < 4.78 is 5.42. The van der Waals surface area contributed by atoms with Gasteiger partial charge in [0.05, 0.1) is 22.5 Å². The van der Waals surface area contributed by atoms with Gasteiger partial charge in [-0.05, 0) is 44.1 Å². The van der Waals surface area contributed by atoms with Crippen LogP contribution in [0.2, 0.25) is 0 Å². The van der Waals surface area contributed by atoms with Gasteiger partial charge in [-0.2, -0.15) is 0 Å². The summed E-state index contributed by atoms with van der Waals surface area (Å²) in [5.74, 6) is 0.833. The van der Waals surface area contributed by atoms with Crippen molar-refractivity contribution >= 4 is 23.2 Å². The number of rotatable bonds is 3. The lowest BCUT2D eigenvalue weighted by atomic mass is 9.95. The molecular weight excluding hydrogens is 350 g/mol. The standard InChI is InChI=1S/C19H23N3O3S/c1-13-11-16(25-20-13)15-6-3-9-22(15)18(23)14-5-2-8-21(12-14)19(24)17-7-4-10-26-17/h4,7,10-11,14-15H,2-3,5-6,8-9,12H2,1H3/t14-,15-/m1/s1. The Labute approximate surface area is 156 Å². The van der Waals surface area contributed by atoms with Gasteiger partial charge in [0.25, 0.3) is 5.91 Å². The third kappa shape index (κ3) is 3.28. The average molecular weight is 373 g/mol. The van der Waals surface area contributed by atoms with Gasteiger partial charge in [0.2, 0.25) is 5.91 Å². The molecule has 0 aromatic carbocycles. The summed E-state index contributed by atoms with van der Waals surface area (Å²) in [7, 11) is 0. The quantitative estimate of drug-likeness (QED) is 0.828. The summed E-state index contributed by atoms with van der Waals surface area (Å²) >= 11 is 1.45. The number of carbonyl (C=O) groups is 2. The number of carbonyl (C=O) groups excluding carboxylic acids is 2. The van der Waals surface area contributed by atoms with Crippen molar-refractivity contribution in [1.29, 1.82) is 0 Å².